The van der Waals surface area contributed by atoms with Gasteiger partial charge >= 0.3 is 0 Å². The SMILES string of the molecule is COc1ccc2c(c1)[C@@H](O)CC1(CCOC1)O2. The predicted molar refractivity (Wildman–Crippen MR) is 61.4 cm³/mol. The van der Waals surface area contributed by atoms with Crippen LogP contribution in [-0.4, -0.2) is 31.0 Å². The Hall–Kier alpha value is -1.26. The molecule has 2 aliphatic rings. The van der Waals surface area contributed by atoms with Gasteiger partial charge in [0.15, 0.2) is 0 Å². The Morgan fingerprint density at radius 2 is 2.35 bits per heavy atom. The van der Waals surface area contributed by atoms with Gasteiger partial charge in [0, 0.05) is 18.4 Å². The third-order valence-electron chi connectivity index (χ3n) is 3.53. The highest BCUT2D eigenvalue weighted by molar-refractivity contribution is 5.43. The summed E-state index contributed by atoms with van der Waals surface area (Å²) >= 11 is 0. The Kier molecular flexibility index (Phi) is 2.49. The molecule has 0 amide bonds. The molecule has 1 aromatic rings. The molecule has 1 aromatic carbocycles. The van der Waals surface area contributed by atoms with Crippen molar-refractivity contribution >= 4 is 0 Å². The summed E-state index contributed by atoms with van der Waals surface area (Å²) in [6, 6.07) is 5.54. The monoisotopic (exact) mass is 236 g/mol. The van der Waals surface area contributed by atoms with Crippen LogP contribution < -0.4 is 9.47 Å². The van der Waals surface area contributed by atoms with Crippen LogP contribution in [-0.2, 0) is 4.74 Å². The van der Waals surface area contributed by atoms with Crippen molar-refractivity contribution in [2.75, 3.05) is 20.3 Å². The summed E-state index contributed by atoms with van der Waals surface area (Å²) < 4.78 is 16.5. The van der Waals surface area contributed by atoms with Gasteiger partial charge in [0.25, 0.3) is 0 Å². The second-order valence-electron chi connectivity index (χ2n) is 4.71. The van der Waals surface area contributed by atoms with Gasteiger partial charge < -0.3 is 19.3 Å². The smallest absolute Gasteiger partial charge is 0.137 e. The van der Waals surface area contributed by atoms with Crippen molar-refractivity contribution < 1.29 is 19.3 Å². The van der Waals surface area contributed by atoms with Gasteiger partial charge in [-0.1, -0.05) is 0 Å². The van der Waals surface area contributed by atoms with Crippen LogP contribution >= 0.6 is 0 Å². The minimum Gasteiger partial charge on any atom is -0.497 e. The number of fused-ring (bicyclic) bond motifs is 1. The quantitative estimate of drug-likeness (QED) is 0.805. The lowest BCUT2D eigenvalue weighted by Gasteiger charge is -2.37. The maximum absolute atomic E-state index is 10.2. The minimum atomic E-state index is -0.504. The van der Waals surface area contributed by atoms with Crippen molar-refractivity contribution in [2.24, 2.45) is 0 Å². The van der Waals surface area contributed by atoms with Crippen molar-refractivity contribution in [3.05, 3.63) is 23.8 Å². The molecular weight excluding hydrogens is 220 g/mol. The average molecular weight is 236 g/mol. The molecule has 0 radical (unpaired) electrons. The Morgan fingerprint density at radius 1 is 1.47 bits per heavy atom. The Morgan fingerprint density at radius 3 is 3.06 bits per heavy atom. The van der Waals surface area contributed by atoms with Gasteiger partial charge in [-0.3, -0.25) is 0 Å². The predicted octanol–water partition coefficient (Wildman–Crippen LogP) is 1.67. The first-order chi connectivity index (χ1) is 8.22. The molecule has 92 valence electrons. The summed E-state index contributed by atoms with van der Waals surface area (Å²) in [6.45, 7) is 1.27. The van der Waals surface area contributed by atoms with E-state index in [-0.39, 0.29) is 5.60 Å². The number of aliphatic hydroxyl groups is 1. The number of rotatable bonds is 1. The van der Waals surface area contributed by atoms with E-state index >= 15 is 0 Å². The molecule has 0 saturated carbocycles. The summed E-state index contributed by atoms with van der Waals surface area (Å²) in [7, 11) is 1.62. The highest BCUT2D eigenvalue weighted by Gasteiger charge is 2.43. The van der Waals surface area contributed by atoms with Crippen LogP contribution in [0.15, 0.2) is 18.2 Å². The Bertz CT molecular complexity index is 423. The summed E-state index contributed by atoms with van der Waals surface area (Å²) in [5, 5.41) is 10.2. The second kappa shape index (κ2) is 3.89. The molecule has 1 unspecified atom stereocenters. The van der Waals surface area contributed by atoms with E-state index in [1.807, 2.05) is 18.2 Å². The maximum Gasteiger partial charge on any atom is 0.137 e. The van der Waals surface area contributed by atoms with Crippen LogP contribution in [0, 0.1) is 0 Å². The summed E-state index contributed by atoms with van der Waals surface area (Å²) in [6.07, 6.45) is 0.929. The molecule has 2 aliphatic heterocycles. The van der Waals surface area contributed by atoms with Crippen molar-refractivity contribution in [2.45, 2.75) is 24.5 Å². The molecule has 0 aliphatic carbocycles. The second-order valence-corrected chi connectivity index (χ2v) is 4.71. The minimum absolute atomic E-state index is 0.332. The fraction of sp³-hybridized carbons (Fsp3) is 0.538. The molecule has 1 spiro atoms. The first-order valence-electron chi connectivity index (χ1n) is 5.85. The van der Waals surface area contributed by atoms with Gasteiger partial charge in [-0.05, 0) is 18.2 Å². The Balaban J connectivity index is 1.96. The van der Waals surface area contributed by atoms with Crippen molar-refractivity contribution in [3.63, 3.8) is 0 Å². The molecule has 1 N–H and O–H groups in total. The third kappa shape index (κ3) is 1.77. The Labute approximate surface area is 100 Å². The lowest BCUT2D eigenvalue weighted by molar-refractivity contribution is -0.0195. The number of hydrogen-bond acceptors (Lipinski definition) is 4. The lowest BCUT2D eigenvalue weighted by atomic mass is 9.88. The van der Waals surface area contributed by atoms with Crippen LogP contribution in [0.4, 0.5) is 0 Å². The van der Waals surface area contributed by atoms with Gasteiger partial charge in [0.05, 0.1) is 26.4 Å². The highest BCUT2D eigenvalue weighted by Crippen LogP contribution is 2.44. The molecule has 4 heteroatoms. The van der Waals surface area contributed by atoms with Crippen molar-refractivity contribution in [1.29, 1.82) is 0 Å². The highest BCUT2D eigenvalue weighted by atomic mass is 16.6. The number of aliphatic hydroxyl groups excluding tert-OH is 1. The average Bonchev–Trinajstić information content (AvgIpc) is 2.77. The molecule has 2 heterocycles. The van der Waals surface area contributed by atoms with Gasteiger partial charge in [-0.25, -0.2) is 0 Å². The van der Waals surface area contributed by atoms with Gasteiger partial charge in [0.2, 0.25) is 0 Å². The molecule has 1 fully saturated rings. The van der Waals surface area contributed by atoms with E-state index in [1.54, 1.807) is 7.11 Å². The lowest BCUT2D eigenvalue weighted by Crippen LogP contribution is -2.41. The van der Waals surface area contributed by atoms with E-state index in [2.05, 4.69) is 0 Å². The first-order valence-corrected chi connectivity index (χ1v) is 5.85. The normalized spacial score (nSPS) is 31.1. The molecule has 3 rings (SSSR count). The number of hydrogen-bond donors (Lipinski definition) is 1. The van der Waals surface area contributed by atoms with E-state index in [0.29, 0.717) is 19.6 Å². The maximum atomic E-state index is 10.2. The number of benzene rings is 1. The molecule has 1 saturated heterocycles. The topological polar surface area (TPSA) is 47.9 Å². The molecule has 17 heavy (non-hydrogen) atoms. The standard InChI is InChI=1S/C13H16O4/c1-15-9-2-3-12-10(6-9)11(14)7-13(17-12)4-5-16-8-13/h2-3,6,11,14H,4-5,7-8H2,1H3/t11-,13?/m0/s1. The molecular formula is C13H16O4. The summed E-state index contributed by atoms with van der Waals surface area (Å²) in [5.74, 6) is 1.49. The van der Waals surface area contributed by atoms with Crippen LogP contribution in [0.3, 0.4) is 0 Å². The van der Waals surface area contributed by atoms with Crippen LogP contribution in [0.25, 0.3) is 0 Å². The van der Waals surface area contributed by atoms with E-state index in [4.69, 9.17) is 14.2 Å². The number of methoxy groups -OCH3 is 1. The molecule has 0 aromatic heterocycles. The fourth-order valence-electron chi connectivity index (χ4n) is 2.57. The summed E-state index contributed by atoms with van der Waals surface area (Å²) in [4.78, 5) is 0. The first kappa shape index (κ1) is 10.9. The van der Waals surface area contributed by atoms with E-state index in [1.165, 1.54) is 0 Å². The largest absolute Gasteiger partial charge is 0.497 e. The van der Waals surface area contributed by atoms with E-state index in [0.717, 1.165) is 23.5 Å². The zero-order valence-electron chi connectivity index (χ0n) is 9.81. The summed E-state index contributed by atoms with van der Waals surface area (Å²) in [5.41, 5.74) is 0.475. The van der Waals surface area contributed by atoms with E-state index in [9.17, 15) is 5.11 Å². The number of ether oxygens (including phenoxy) is 3. The van der Waals surface area contributed by atoms with Gasteiger partial charge in [-0.2, -0.15) is 0 Å². The van der Waals surface area contributed by atoms with Crippen LogP contribution in [0.5, 0.6) is 11.5 Å². The zero-order valence-corrected chi connectivity index (χ0v) is 9.81. The van der Waals surface area contributed by atoms with Crippen molar-refractivity contribution in [1.82, 2.24) is 0 Å². The van der Waals surface area contributed by atoms with E-state index < -0.39 is 6.10 Å². The molecule has 0 bridgehead atoms. The van der Waals surface area contributed by atoms with Gasteiger partial charge in [0.1, 0.15) is 17.1 Å². The van der Waals surface area contributed by atoms with Crippen LogP contribution in [0.1, 0.15) is 24.5 Å². The van der Waals surface area contributed by atoms with Crippen LogP contribution in [0.2, 0.25) is 0 Å². The van der Waals surface area contributed by atoms with Gasteiger partial charge in [-0.15, -0.1) is 0 Å². The zero-order chi connectivity index (χ0) is 11.9. The molecule has 4 nitrogen and oxygen atoms in total. The van der Waals surface area contributed by atoms with Crippen molar-refractivity contribution in [3.8, 4) is 11.5 Å². The fourth-order valence-corrected chi connectivity index (χ4v) is 2.57. The molecule has 2 atom stereocenters. The third-order valence-corrected chi connectivity index (χ3v) is 3.53.